The summed E-state index contributed by atoms with van der Waals surface area (Å²) in [5.41, 5.74) is 2.16. The van der Waals surface area contributed by atoms with E-state index in [2.05, 4.69) is 10.6 Å². The molecule has 0 aliphatic rings. The Labute approximate surface area is 217 Å². The Morgan fingerprint density at radius 1 is 1.03 bits per heavy atom. The van der Waals surface area contributed by atoms with E-state index in [1.54, 1.807) is 31.2 Å². The summed E-state index contributed by atoms with van der Waals surface area (Å²) in [6, 6.07) is 12.3. The van der Waals surface area contributed by atoms with E-state index in [4.69, 9.17) is 32.7 Å². The fraction of sp³-hybridized carbons (Fsp3) is 0.240. The number of thiophene rings is 1. The molecule has 0 fully saturated rings. The molecule has 0 bridgehead atoms. The van der Waals surface area contributed by atoms with Gasteiger partial charge in [0.1, 0.15) is 10.8 Å². The number of ether oxygens (including phenoxy) is 2. The molecule has 0 atom stereocenters. The number of methoxy groups -OCH3 is 1. The van der Waals surface area contributed by atoms with Gasteiger partial charge in [-0.2, -0.15) is 0 Å². The lowest BCUT2D eigenvalue weighted by Crippen LogP contribution is -2.15. The summed E-state index contributed by atoms with van der Waals surface area (Å²) in [5.74, 6) is -0.860. The second-order valence-corrected chi connectivity index (χ2v) is 9.46. The van der Waals surface area contributed by atoms with Crippen LogP contribution in [-0.2, 0) is 9.53 Å². The Kier molecular flexibility index (Phi) is 9.14. The van der Waals surface area contributed by atoms with Crippen LogP contribution in [-0.4, -0.2) is 31.5 Å². The monoisotopic (exact) mass is 534 g/mol. The number of benzene rings is 2. The van der Waals surface area contributed by atoms with Gasteiger partial charge in [0.15, 0.2) is 0 Å². The van der Waals surface area contributed by atoms with Crippen molar-refractivity contribution in [3.63, 3.8) is 0 Å². The highest BCUT2D eigenvalue weighted by Crippen LogP contribution is 2.34. The van der Waals surface area contributed by atoms with Crippen LogP contribution in [0.1, 0.15) is 44.0 Å². The van der Waals surface area contributed by atoms with E-state index >= 15 is 0 Å². The summed E-state index contributed by atoms with van der Waals surface area (Å²) in [6.07, 6.45) is 0.539. The molecule has 0 spiro atoms. The predicted molar refractivity (Wildman–Crippen MR) is 139 cm³/mol. The fourth-order valence-electron chi connectivity index (χ4n) is 3.25. The van der Waals surface area contributed by atoms with Gasteiger partial charge in [0.05, 0.1) is 29.2 Å². The van der Waals surface area contributed by atoms with Crippen LogP contribution in [0.25, 0.3) is 0 Å². The number of rotatable bonds is 9. The zero-order valence-electron chi connectivity index (χ0n) is 19.4. The van der Waals surface area contributed by atoms with Gasteiger partial charge in [-0.3, -0.25) is 9.59 Å². The van der Waals surface area contributed by atoms with Gasteiger partial charge in [-0.05, 0) is 55.7 Å². The molecule has 7 nitrogen and oxygen atoms in total. The van der Waals surface area contributed by atoms with E-state index < -0.39 is 5.97 Å². The quantitative estimate of drug-likeness (QED) is 0.241. The Hall–Kier alpha value is -3.07. The van der Waals surface area contributed by atoms with Crippen LogP contribution < -0.4 is 15.4 Å². The molecule has 2 aromatic carbocycles. The van der Waals surface area contributed by atoms with Crippen LogP contribution in [0.2, 0.25) is 10.0 Å². The van der Waals surface area contributed by atoms with Gasteiger partial charge in [0, 0.05) is 17.1 Å². The summed E-state index contributed by atoms with van der Waals surface area (Å²) in [4.78, 5) is 38.2. The smallest absolute Gasteiger partial charge is 0.341 e. The van der Waals surface area contributed by atoms with Crippen molar-refractivity contribution in [1.82, 2.24) is 0 Å². The summed E-state index contributed by atoms with van der Waals surface area (Å²) >= 11 is 13.0. The van der Waals surface area contributed by atoms with Gasteiger partial charge in [0.25, 0.3) is 5.91 Å². The minimum atomic E-state index is -0.635. The largest absolute Gasteiger partial charge is 0.492 e. The average Bonchev–Trinajstić information content (AvgIpc) is 3.14. The maximum atomic E-state index is 12.9. The molecule has 3 rings (SSSR count). The van der Waals surface area contributed by atoms with Crippen LogP contribution in [0.5, 0.6) is 5.75 Å². The number of carbonyl (C=O) groups is 3. The molecule has 0 radical (unpaired) electrons. The van der Waals surface area contributed by atoms with E-state index in [-0.39, 0.29) is 35.4 Å². The van der Waals surface area contributed by atoms with Gasteiger partial charge in [0.2, 0.25) is 5.91 Å². The van der Waals surface area contributed by atoms with Crippen molar-refractivity contribution in [3.05, 3.63) is 74.1 Å². The number of para-hydroxylation sites is 1. The van der Waals surface area contributed by atoms with E-state index in [1.807, 2.05) is 25.1 Å². The standard InChI is InChI=1S/C25H24Cl2N2O5S/c1-14-7-4-5-8-18(14)28-23(31)22-15(2)21(25(32)33-3)24(35-22)29-20(30)9-6-12-34-19-11-10-16(26)13-17(19)27/h4-5,7-8,10-11,13H,6,9,12H2,1-3H3,(H,28,31)(H,29,30). The normalized spacial score (nSPS) is 10.5. The highest BCUT2D eigenvalue weighted by molar-refractivity contribution is 7.19. The Morgan fingerprint density at radius 2 is 1.77 bits per heavy atom. The third-order valence-electron chi connectivity index (χ3n) is 5.09. The van der Waals surface area contributed by atoms with Gasteiger partial charge < -0.3 is 20.1 Å². The number of anilines is 2. The first-order valence-electron chi connectivity index (χ1n) is 10.7. The van der Waals surface area contributed by atoms with Crippen LogP contribution in [0.15, 0.2) is 42.5 Å². The first kappa shape index (κ1) is 26.5. The molecule has 2 N–H and O–H groups in total. The molecule has 0 aliphatic heterocycles. The summed E-state index contributed by atoms with van der Waals surface area (Å²) in [7, 11) is 1.25. The minimum absolute atomic E-state index is 0.132. The Bertz CT molecular complexity index is 1260. The molecule has 1 heterocycles. The second kappa shape index (κ2) is 12.1. The van der Waals surface area contributed by atoms with Crippen LogP contribution in [0.3, 0.4) is 0 Å². The Morgan fingerprint density at radius 3 is 2.46 bits per heavy atom. The van der Waals surface area contributed by atoms with E-state index in [0.29, 0.717) is 38.3 Å². The number of halogens is 2. The average molecular weight is 535 g/mol. The van der Waals surface area contributed by atoms with Crippen molar-refractivity contribution in [2.24, 2.45) is 0 Å². The molecule has 0 saturated carbocycles. The summed E-state index contributed by atoms with van der Waals surface area (Å²) in [5, 5.41) is 6.73. The van der Waals surface area contributed by atoms with Gasteiger partial charge in [-0.25, -0.2) is 4.79 Å². The van der Waals surface area contributed by atoms with E-state index in [0.717, 1.165) is 16.9 Å². The molecular formula is C25H24Cl2N2O5S. The molecule has 2 amide bonds. The van der Waals surface area contributed by atoms with Gasteiger partial charge in [-0.15, -0.1) is 11.3 Å². The molecule has 35 heavy (non-hydrogen) atoms. The third-order valence-corrected chi connectivity index (χ3v) is 6.82. The van der Waals surface area contributed by atoms with Crippen LogP contribution in [0.4, 0.5) is 10.7 Å². The molecular weight excluding hydrogens is 511 g/mol. The van der Waals surface area contributed by atoms with Crippen molar-refractivity contribution in [1.29, 1.82) is 0 Å². The predicted octanol–water partition coefficient (Wildman–Crippen LogP) is 6.51. The van der Waals surface area contributed by atoms with E-state index in [1.165, 1.54) is 7.11 Å². The lowest BCUT2D eigenvalue weighted by molar-refractivity contribution is -0.116. The molecule has 10 heteroatoms. The maximum Gasteiger partial charge on any atom is 0.341 e. The number of amides is 2. The number of hydrogen-bond acceptors (Lipinski definition) is 6. The SMILES string of the molecule is COC(=O)c1c(NC(=O)CCCOc2ccc(Cl)cc2Cl)sc(C(=O)Nc2ccccc2C)c1C. The number of hydrogen-bond donors (Lipinski definition) is 2. The minimum Gasteiger partial charge on any atom is -0.492 e. The number of aryl methyl sites for hydroxylation is 1. The molecule has 0 unspecified atom stereocenters. The first-order chi connectivity index (χ1) is 16.7. The fourth-order valence-corrected chi connectivity index (χ4v) is 4.82. The maximum absolute atomic E-state index is 12.9. The van der Waals surface area contributed by atoms with Crippen molar-refractivity contribution in [3.8, 4) is 5.75 Å². The lowest BCUT2D eigenvalue weighted by atomic mass is 10.1. The molecule has 0 saturated heterocycles. The summed E-state index contributed by atoms with van der Waals surface area (Å²) in [6.45, 7) is 3.79. The van der Waals surface area contributed by atoms with Crippen molar-refractivity contribution >= 4 is 63.0 Å². The highest BCUT2D eigenvalue weighted by Gasteiger charge is 2.26. The third kappa shape index (κ3) is 6.75. The molecule has 1 aromatic heterocycles. The first-order valence-corrected chi connectivity index (χ1v) is 12.2. The molecule has 3 aromatic rings. The van der Waals surface area contributed by atoms with Crippen LogP contribution >= 0.6 is 34.5 Å². The number of esters is 1. The molecule has 0 aliphatic carbocycles. The zero-order chi connectivity index (χ0) is 25.5. The number of nitrogens with one attached hydrogen (secondary N) is 2. The zero-order valence-corrected chi connectivity index (χ0v) is 21.7. The van der Waals surface area contributed by atoms with Crippen molar-refractivity contribution < 1.29 is 23.9 Å². The topological polar surface area (TPSA) is 93.7 Å². The lowest BCUT2D eigenvalue weighted by Gasteiger charge is -2.09. The van der Waals surface area contributed by atoms with Crippen molar-refractivity contribution in [2.45, 2.75) is 26.7 Å². The van der Waals surface area contributed by atoms with E-state index in [9.17, 15) is 14.4 Å². The van der Waals surface area contributed by atoms with Gasteiger partial charge >= 0.3 is 5.97 Å². The van der Waals surface area contributed by atoms with Gasteiger partial charge in [-0.1, -0.05) is 41.4 Å². The second-order valence-electron chi connectivity index (χ2n) is 7.60. The summed E-state index contributed by atoms with van der Waals surface area (Å²) < 4.78 is 10.5. The number of carbonyl (C=O) groups excluding carboxylic acids is 3. The van der Waals surface area contributed by atoms with Crippen molar-refractivity contribution in [2.75, 3.05) is 24.4 Å². The highest BCUT2D eigenvalue weighted by atomic mass is 35.5. The Balaban J connectivity index is 1.67. The molecule has 184 valence electrons. The van der Waals surface area contributed by atoms with Crippen LogP contribution in [0, 0.1) is 13.8 Å².